The van der Waals surface area contributed by atoms with Gasteiger partial charge >= 0.3 is 5.97 Å². The lowest BCUT2D eigenvalue weighted by Gasteiger charge is -2.30. The van der Waals surface area contributed by atoms with Crippen LogP contribution in [-0.4, -0.2) is 28.6 Å². The number of carboxylic acid groups (broad SMARTS) is 1. The monoisotopic (exact) mass is 273 g/mol. The van der Waals surface area contributed by atoms with Crippen molar-refractivity contribution >= 4 is 11.7 Å². The van der Waals surface area contributed by atoms with E-state index in [1.807, 2.05) is 17.9 Å². The fourth-order valence-electron chi connectivity index (χ4n) is 2.83. The SMILES string of the molecule is Cc1cc(N2CCCCCC2C(=O)O)c(C#N)c(C)n1. The van der Waals surface area contributed by atoms with Crippen molar-refractivity contribution in [2.45, 2.75) is 45.6 Å². The molecule has 2 heterocycles. The number of aliphatic carboxylic acids is 1. The third kappa shape index (κ3) is 2.74. The minimum absolute atomic E-state index is 0.490. The number of nitrogens with zero attached hydrogens (tertiary/aromatic N) is 3. The number of aryl methyl sites for hydroxylation is 2. The molecule has 1 fully saturated rings. The lowest BCUT2D eigenvalue weighted by atomic mass is 10.1. The summed E-state index contributed by atoms with van der Waals surface area (Å²) in [6.45, 7) is 4.34. The lowest BCUT2D eigenvalue weighted by Crippen LogP contribution is -2.41. The third-order valence-corrected chi connectivity index (χ3v) is 3.77. The van der Waals surface area contributed by atoms with Crippen molar-refractivity contribution in [2.24, 2.45) is 0 Å². The summed E-state index contributed by atoms with van der Waals surface area (Å²) in [6.07, 6.45) is 3.53. The summed E-state index contributed by atoms with van der Waals surface area (Å²) in [6, 6.07) is 3.45. The standard InChI is InChI=1S/C15H19N3O2/c1-10-8-14(12(9-16)11(2)17-10)18-7-5-3-4-6-13(18)15(19)20/h8,13H,3-7H2,1-2H3,(H,19,20). The highest BCUT2D eigenvalue weighted by molar-refractivity contribution is 5.79. The highest BCUT2D eigenvalue weighted by atomic mass is 16.4. The van der Waals surface area contributed by atoms with Crippen LogP contribution >= 0.6 is 0 Å². The number of pyridine rings is 1. The first-order valence-corrected chi connectivity index (χ1v) is 6.92. The molecule has 1 N–H and O–H groups in total. The molecule has 0 aliphatic carbocycles. The molecule has 1 saturated heterocycles. The van der Waals surface area contributed by atoms with E-state index in [1.54, 1.807) is 6.92 Å². The Morgan fingerprint density at radius 1 is 1.45 bits per heavy atom. The quantitative estimate of drug-likeness (QED) is 0.895. The van der Waals surface area contributed by atoms with E-state index in [1.165, 1.54) is 0 Å². The van der Waals surface area contributed by atoms with Crippen LogP contribution in [0.5, 0.6) is 0 Å². The second kappa shape index (κ2) is 5.91. The van der Waals surface area contributed by atoms with Crippen LogP contribution in [0, 0.1) is 25.2 Å². The second-order valence-electron chi connectivity index (χ2n) is 5.25. The van der Waals surface area contributed by atoms with Gasteiger partial charge in [0, 0.05) is 12.2 Å². The summed E-state index contributed by atoms with van der Waals surface area (Å²) in [5.41, 5.74) is 2.68. The van der Waals surface area contributed by atoms with Gasteiger partial charge in [0.05, 0.1) is 16.9 Å². The molecule has 0 radical (unpaired) electrons. The normalized spacial score (nSPS) is 19.2. The van der Waals surface area contributed by atoms with E-state index >= 15 is 0 Å². The molecule has 20 heavy (non-hydrogen) atoms. The Kier molecular flexibility index (Phi) is 4.23. The van der Waals surface area contributed by atoms with Crippen LogP contribution < -0.4 is 4.90 Å². The van der Waals surface area contributed by atoms with E-state index in [0.717, 1.165) is 25.0 Å². The summed E-state index contributed by atoms with van der Waals surface area (Å²) < 4.78 is 0. The van der Waals surface area contributed by atoms with Crippen molar-refractivity contribution in [3.8, 4) is 6.07 Å². The average Bonchev–Trinajstić information content (AvgIpc) is 2.63. The number of anilines is 1. The van der Waals surface area contributed by atoms with Gasteiger partial charge in [-0.15, -0.1) is 0 Å². The Balaban J connectivity index is 2.51. The molecule has 1 unspecified atom stereocenters. The maximum absolute atomic E-state index is 11.5. The summed E-state index contributed by atoms with van der Waals surface area (Å²) in [7, 11) is 0. The number of nitriles is 1. The molecule has 0 bridgehead atoms. The Labute approximate surface area is 118 Å². The molecule has 2 rings (SSSR count). The number of hydrogen-bond donors (Lipinski definition) is 1. The summed E-state index contributed by atoms with van der Waals surface area (Å²) in [5, 5.41) is 18.8. The van der Waals surface area contributed by atoms with Crippen molar-refractivity contribution in [3.05, 3.63) is 23.0 Å². The van der Waals surface area contributed by atoms with Crippen molar-refractivity contribution in [1.82, 2.24) is 4.98 Å². The first kappa shape index (κ1) is 14.3. The van der Waals surface area contributed by atoms with Crippen LogP contribution in [0.15, 0.2) is 6.07 Å². The van der Waals surface area contributed by atoms with Gasteiger partial charge in [-0.25, -0.2) is 4.79 Å². The molecule has 1 aromatic rings. The zero-order valence-corrected chi connectivity index (χ0v) is 11.9. The molecule has 1 aliphatic rings. The minimum atomic E-state index is -0.817. The molecular weight excluding hydrogens is 254 g/mol. The van der Waals surface area contributed by atoms with E-state index < -0.39 is 12.0 Å². The molecule has 0 spiro atoms. The smallest absolute Gasteiger partial charge is 0.326 e. The van der Waals surface area contributed by atoms with E-state index in [9.17, 15) is 15.2 Å². The molecule has 1 aliphatic heterocycles. The van der Waals surface area contributed by atoms with Gasteiger partial charge in [-0.05, 0) is 32.8 Å². The van der Waals surface area contributed by atoms with Gasteiger partial charge < -0.3 is 10.0 Å². The number of rotatable bonds is 2. The predicted octanol–water partition coefficient (Wildman–Crippen LogP) is 2.40. The fraction of sp³-hybridized carbons (Fsp3) is 0.533. The zero-order chi connectivity index (χ0) is 14.7. The van der Waals surface area contributed by atoms with Crippen molar-refractivity contribution < 1.29 is 9.90 Å². The van der Waals surface area contributed by atoms with E-state index in [2.05, 4.69) is 11.1 Å². The van der Waals surface area contributed by atoms with Crippen LogP contribution in [0.3, 0.4) is 0 Å². The minimum Gasteiger partial charge on any atom is -0.480 e. The summed E-state index contributed by atoms with van der Waals surface area (Å²) >= 11 is 0. The van der Waals surface area contributed by atoms with Gasteiger partial charge in [0.2, 0.25) is 0 Å². The Bertz CT molecular complexity index is 563. The maximum atomic E-state index is 11.5. The third-order valence-electron chi connectivity index (χ3n) is 3.77. The predicted molar refractivity (Wildman–Crippen MR) is 75.7 cm³/mol. The van der Waals surface area contributed by atoms with Gasteiger partial charge in [0.1, 0.15) is 12.1 Å². The van der Waals surface area contributed by atoms with Crippen LogP contribution in [0.1, 0.15) is 42.6 Å². The lowest BCUT2D eigenvalue weighted by molar-refractivity contribution is -0.138. The molecule has 106 valence electrons. The second-order valence-corrected chi connectivity index (χ2v) is 5.25. The molecule has 1 atom stereocenters. The van der Waals surface area contributed by atoms with Crippen molar-refractivity contribution in [3.63, 3.8) is 0 Å². The molecule has 5 heteroatoms. The topological polar surface area (TPSA) is 77.2 Å². The highest BCUT2D eigenvalue weighted by Gasteiger charge is 2.29. The van der Waals surface area contributed by atoms with E-state index in [4.69, 9.17) is 0 Å². The van der Waals surface area contributed by atoms with Gasteiger partial charge in [-0.1, -0.05) is 12.8 Å². The molecule has 0 aromatic carbocycles. The van der Waals surface area contributed by atoms with E-state index in [0.29, 0.717) is 29.9 Å². The summed E-state index contributed by atoms with van der Waals surface area (Å²) in [5.74, 6) is -0.817. The van der Waals surface area contributed by atoms with Gasteiger partial charge in [-0.2, -0.15) is 5.26 Å². The highest BCUT2D eigenvalue weighted by Crippen LogP contribution is 2.29. The van der Waals surface area contributed by atoms with Crippen molar-refractivity contribution in [2.75, 3.05) is 11.4 Å². The van der Waals surface area contributed by atoms with Crippen LogP contribution in [-0.2, 0) is 4.79 Å². The first-order chi connectivity index (χ1) is 9.54. The zero-order valence-electron chi connectivity index (χ0n) is 11.9. The number of hydrogen-bond acceptors (Lipinski definition) is 4. The molecule has 1 aromatic heterocycles. The first-order valence-electron chi connectivity index (χ1n) is 6.92. The van der Waals surface area contributed by atoms with Gasteiger partial charge in [0.25, 0.3) is 0 Å². The molecule has 0 saturated carbocycles. The maximum Gasteiger partial charge on any atom is 0.326 e. The number of carbonyl (C=O) groups is 1. The largest absolute Gasteiger partial charge is 0.480 e. The van der Waals surface area contributed by atoms with E-state index in [-0.39, 0.29) is 0 Å². The number of aromatic nitrogens is 1. The fourth-order valence-corrected chi connectivity index (χ4v) is 2.83. The number of carboxylic acids is 1. The van der Waals surface area contributed by atoms with Crippen LogP contribution in [0.2, 0.25) is 0 Å². The average molecular weight is 273 g/mol. The van der Waals surface area contributed by atoms with Crippen LogP contribution in [0.4, 0.5) is 5.69 Å². The van der Waals surface area contributed by atoms with Gasteiger partial charge in [0.15, 0.2) is 0 Å². The Morgan fingerprint density at radius 3 is 2.85 bits per heavy atom. The summed E-state index contributed by atoms with van der Waals surface area (Å²) in [4.78, 5) is 17.7. The van der Waals surface area contributed by atoms with Crippen molar-refractivity contribution in [1.29, 1.82) is 5.26 Å². The molecule has 0 amide bonds. The van der Waals surface area contributed by atoms with Crippen LogP contribution in [0.25, 0.3) is 0 Å². The Morgan fingerprint density at radius 2 is 2.20 bits per heavy atom. The van der Waals surface area contributed by atoms with Gasteiger partial charge in [-0.3, -0.25) is 4.98 Å². The molecule has 5 nitrogen and oxygen atoms in total. The Hall–Kier alpha value is -2.09. The molecular formula is C15H19N3O2.